The van der Waals surface area contributed by atoms with Gasteiger partial charge in [-0.05, 0) is 73.3 Å². The molecule has 0 aliphatic carbocycles. The van der Waals surface area contributed by atoms with E-state index in [1.807, 2.05) is 0 Å². The lowest BCUT2D eigenvalue weighted by atomic mass is 9.99. The summed E-state index contributed by atoms with van der Waals surface area (Å²) in [6.07, 6.45) is 6.13. The van der Waals surface area contributed by atoms with Crippen LogP contribution in [0.1, 0.15) is 18.4 Å². The molecule has 0 saturated carbocycles. The summed E-state index contributed by atoms with van der Waals surface area (Å²) in [6.45, 7) is 5.86. The van der Waals surface area contributed by atoms with Crippen LogP contribution in [0, 0.1) is 0 Å². The predicted molar refractivity (Wildman–Crippen MR) is 105 cm³/mol. The van der Waals surface area contributed by atoms with Crippen LogP contribution in [-0.2, 0) is 13.0 Å². The first-order valence-corrected chi connectivity index (χ1v) is 9.56. The van der Waals surface area contributed by atoms with Gasteiger partial charge in [0.1, 0.15) is 0 Å². The topological polar surface area (TPSA) is 20.2 Å². The van der Waals surface area contributed by atoms with Gasteiger partial charge < -0.3 is 14.8 Å². The monoisotopic (exact) mass is 331 g/mol. The Labute approximate surface area is 149 Å². The van der Waals surface area contributed by atoms with E-state index >= 15 is 0 Å². The first-order valence-electron chi connectivity index (χ1n) is 9.56. The SMILES string of the molecule is c1cc(-c2ccc3c(c2)CCN3)c2ccn(CCN3CCCC3)c2c1. The summed E-state index contributed by atoms with van der Waals surface area (Å²) in [5.74, 6) is 0. The number of nitrogens with zero attached hydrogens (tertiary/aromatic N) is 2. The first-order chi connectivity index (χ1) is 12.4. The zero-order chi connectivity index (χ0) is 16.6. The molecule has 1 aromatic heterocycles. The highest BCUT2D eigenvalue weighted by molar-refractivity contribution is 5.96. The smallest absolute Gasteiger partial charge is 0.0486 e. The molecular formula is C22H25N3. The van der Waals surface area contributed by atoms with Crippen molar-refractivity contribution in [3.8, 4) is 11.1 Å². The molecule has 1 fully saturated rings. The molecule has 1 saturated heterocycles. The summed E-state index contributed by atoms with van der Waals surface area (Å²) < 4.78 is 2.42. The number of hydrogen-bond acceptors (Lipinski definition) is 2. The summed E-state index contributed by atoms with van der Waals surface area (Å²) in [6, 6.07) is 15.9. The van der Waals surface area contributed by atoms with E-state index in [0.717, 1.165) is 19.5 Å². The fourth-order valence-corrected chi connectivity index (χ4v) is 4.40. The van der Waals surface area contributed by atoms with Gasteiger partial charge in [0.2, 0.25) is 0 Å². The molecular weight excluding hydrogens is 306 g/mol. The number of benzene rings is 2. The van der Waals surface area contributed by atoms with Crippen LogP contribution in [0.25, 0.3) is 22.0 Å². The van der Waals surface area contributed by atoms with Crippen LogP contribution in [-0.4, -0.2) is 35.6 Å². The Morgan fingerprint density at radius 2 is 1.88 bits per heavy atom. The maximum absolute atomic E-state index is 3.45. The first kappa shape index (κ1) is 15.0. The fourth-order valence-electron chi connectivity index (χ4n) is 4.40. The molecule has 3 heterocycles. The van der Waals surface area contributed by atoms with Crippen LogP contribution in [0.2, 0.25) is 0 Å². The van der Waals surface area contributed by atoms with E-state index in [0.29, 0.717) is 0 Å². The van der Waals surface area contributed by atoms with Crippen LogP contribution in [0.15, 0.2) is 48.7 Å². The van der Waals surface area contributed by atoms with Gasteiger partial charge in [0.05, 0.1) is 0 Å². The Kier molecular flexibility index (Phi) is 3.75. The van der Waals surface area contributed by atoms with E-state index < -0.39 is 0 Å². The zero-order valence-electron chi connectivity index (χ0n) is 14.7. The largest absolute Gasteiger partial charge is 0.384 e. The van der Waals surface area contributed by atoms with Crippen molar-refractivity contribution >= 4 is 16.6 Å². The normalized spacial score (nSPS) is 17.1. The Morgan fingerprint density at radius 3 is 2.80 bits per heavy atom. The summed E-state index contributed by atoms with van der Waals surface area (Å²) in [7, 11) is 0. The third-order valence-electron chi connectivity index (χ3n) is 5.80. The lowest BCUT2D eigenvalue weighted by Gasteiger charge is -2.15. The Hall–Kier alpha value is -2.26. The third-order valence-corrected chi connectivity index (χ3v) is 5.80. The van der Waals surface area contributed by atoms with Gasteiger partial charge >= 0.3 is 0 Å². The number of fused-ring (bicyclic) bond motifs is 2. The van der Waals surface area contributed by atoms with Gasteiger partial charge in [-0.2, -0.15) is 0 Å². The van der Waals surface area contributed by atoms with Crippen molar-refractivity contribution in [1.82, 2.24) is 9.47 Å². The molecule has 25 heavy (non-hydrogen) atoms. The van der Waals surface area contributed by atoms with E-state index in [1.165, 1.54) is 65.8 Å². The minimum absolute atomic E-state index is 1.07. The molecule has 3 aromatic rings. The van der Waals surface area contributed by atoms with Crippen LogP contribution in [0.3, 0.4) is 0 Å². The van der Waals surface area contributed by atoms with E-state index in [4.69, 9.17) is 0 Å². The molecule has 0 unspecified atom stereocenters. The van der Waals surface area contributed by atoms with Crippen molar-refractivity contribution < 1.29 is 0 Å². The summed E-state index contributed by atoms with van der Waals surface area (Å²) in [4.78, 5) is 2.59. The van der Waals surface area contributed by atoms with Gasteiger partial charge in [-0.3, -0.25) is 0 Å². The van der Waals surface area contributed by atoms with Gasteiger partial charge in [-0.1, -0.05) is 18.2 Å². The molecule has 2 aliphatic heterocycles. The Morgan fingerprint density at radius 1 is 0.960 bits per heavy atom. The van der Waals surface area contributed by atoms with Gasteiger partial charge in [-0.25, -0.2) is 0 Å². The van der Waals surface area contributed by atoms with E-state index in [2.05, 4.69) is 63.4 Å². The molecule has 0 amide bonds. The molecule has 0 radical (unpaired) electrons. The molecule has 0 bridgehead atoms. The van der Waals surface area contributed by atoms with Gasteiger partial charge in [0.25, 0.3) is 0 Å². The van der Waals surface area contributed by atoms with Crippen LogP contribution in [0.5, 0.6) is 0 Å². The third kappa shape index (κ3) is 2.73. The summed E-state index contributed by atoms with van der Waals surface area (Å²) in [5, 5.41) is 4.82. The Balaban J connectivity index is 1.47. The fraction of sp³-hybridized carbons (Fsp3) is 0.364. The molecule has 2 aliphatic rings. The predicted octanol–water partition coefficient (Wildman–Crippen LogP) is 4.37. The number of anilines is 1. The minimum atomic E-state index is 1.07. The standard InChI is InChI=1S/C22H25N3/c1-2-12-24(11-1)14-15-25-13-9-20-19(4-3-5-22(20)25)17-6-7-21-18(16-17)8-10-23-21/h3-7,9,13,16,23H,1-2,8,10-12,14-15H2. The Bertz CT molecular complexity index is 903. The van der Waals surface area contributed by atoms with E-state index in [-0.39, 0.29) is 0 Å². The second-order valence-corrected chi connectivity index (χ2v) is 7.34. The van der Waals surface area contributed by atoms with Crippen molar-refractivity contribution in [2.75, 3.05) is 31.5 Å². The maximum atomic E-state index is 3.45. The molecule has 3 nitrogen and oxygen atoms in total. The summed E-state index contributed by atoms with van der Waals surface area (Å²) >= 11 is 0. The van der Waals surface area contributed by atoms with Crippen molar-refractivity contribution in [1.29, 1.82) is 0 Å². The molecule has 2 aromatic carbocycles. The molecule has 3 heteroatoms. The average Bonchev–Trinajstić information content (AvgIpc) is 3.39. The maximum Gasteiger partial charge on any atom is 0.0486 e. The van der Waals surface area contributed by atoms with Gasteiger partial charge in [0.15, 0.2) is 0 Å². The highest BCUT2D eigenvalue weighted by Crippen LogP contribution is 2.33. The van der Waals surface area contributed by atoms with Crippen LogP contribution >= 0.6 is 0 Å². The van der Waals surface area contributed by atoms with Crippen molar-refractivity contribution in [3.05, 3.63) is 54.2 Å². The molecule has 5 rings (SSSR count). The van der Waals surface area contributed by atoms with E-state index in [9.17, 15) is 0 Å². The quantitative estimate of drug-likeness (QED) is 0.766. The van der Waals surface area contributed by atoms with Crippen LogP contribution in [0.4, 0.5) is 5.69 Å². The highest BCUT2D eigenvalue weighted by atomic mass is 15.2. The molecule has 0 spiro atoms. The van der Waals surface area contributed by atoms with Gasteiger partial charge in [-0.15, -0.1) is 0 Å². The van der Waals surface area contributed by atoms with Crippen molar-refractivity contribution in [2.24, 2.45) is 0 Å². The van der Waals surface area contributed by atoms with Crippen LogP contribution < -0.4 is 5.32 Å². The molecule has 0 atom stereocenters. The number of likely N-dealkylation sites (tertiary alicyclic amines) is 1. The number of rotatable bonds is 4. The minimum Gasteiger partial charge on any atom is -0.384 e. The zero-order valence-corrected chi connectivity index (χ0v) is 14.7. The lowest BCUT2D eigenvalue weighted by Crippen LogP contribution is -2.23. The number of hydrogen-bond donors (Lipinski definition) is 1. The second kappa shape index (κ2) is 6.23. The number of aromatic nitrogens is 1. The van der Waals surface area contributed by atoms with Crippen molar-refractivity contribution in [2.45, 2.75) is 25.8 Å². The molecule has 128 valence electrons. The van der Waals surface area contributed by atoms with Gasteiger partial charge in [0, 0.05) is 42.4 Å². The lowest BCUT2D eigenvalue weighted by molar-refractivity contribution is 0.324. The molecule has 1 N–H and O–H groups in total. The average molecular weight is 331 g/mol. The van der Waals surface area contributed by atoms with Crippen molar-refractivity contribution in [3.63, 3.8) is 0 Å². The van der Waals surface area contributed by atoms with E-state index in [1.54, 1.807) is 0 Å². The summed E-state index contributed by atoms with van der Waals surface area (Å²) in [5.41, 5.74) is 6.80. The number of nitrogens with one attached hydrogen (secondary N) is 1. The second-order valence-electron chi connectivity index (χ2n) is 7.34. The highest BCUT2D eigenvalue weighted by Gasteiger charge is 2.14.